The topological polar surface area (TPSA) is 30.4 Å². The molecule has 21 heavy (non-hydrogen) atoms. The molecule has 0 aliphatic heterocycles. The van der Waals surface area contributed by atoms with Crippen LogP contribution >= 0.6 is 23.2 Å². The van der Waals surface area contributed by atoms with Crippen LogP contribution < -0.4 is 0 Å². The lowest BCUT2D eigenvalue weighted by Crippen LogP contribution is -2.12. The molecule has 0 bridgehead atoms. The first-order valence-electron chi connectivity index (χ1n) is 6.72. The standard InChI is InChI=1S/C16H16Cl2N2O/c1-9-15(11-6-5-10(17)7-12(11)18)20-14(21-9)8-13(19-20)16(2,3)4/h5-8H,1-4H3. The minimum Gasteiger partial charge on any atom is -0.441 e. The largest absolute Gasteiger partial charge is 0.441 e. The zero-order valence-corrected chi connectivity index (χ0v) is 13.9. The second-order valence-corrected chi connectivity index (χ2v) is 7.00. The Bertz CT molecular complexity index is 825. The highest BCUT2D eigenvalue weighted by atomic mass is 35.5. The molecule has 0 atom stereocenters. The maximum atomic E-state index is 6.32. The molecule has 5 heteroatoms. The van der Waals surface area contributed by atoms with Crippen molar-refractivity contribution in [2.75, 3.05) is 0 Å². The van der Waals surface area contributed by atoms with Crippen molar-refractivity contribution in [3.05, 3.63) is 45.8 Å². The SMILES string of the molecule is Cc1oc2cc(C(C)(C)C)nn2c1-c1ccc(Cl)cc1Cl. The van der Waals surface area contributed by atoms with Crippen molar-refractivity contribution in [2.45, 2.75) is 33.1 Å². The summed E-state index contributed by atoms with van der Waals surface area (Å²) in [5, 5.41) is 5.87. The summed E-state index contributed by atoms with van der Waals surface area (Å²) in [5.74, 6) is 0.780. The van der Waals surface area contributed by atoms with Crippen LogP contribution in [0.3, 0.4) is 0 Å². The van der Waals surface area contributed by atoms with Crippen LogP contribution in [0.2, 0.25) is 10.0 Å². The fraction of sp³-hybridized carbons (Fsp3) is 0.312. The normalized spacial score (nSPS) is 12.3. The Hall–Kier alpha value is -1.45. The summed E-state index contributed by atoms with van der Waals surface area (Å²) < 4.78 is 7.63. The Labute approximate surface area is 133 Å². The van der Waals surface area contributed by atoms with Gasteiger partial charge in [0.25, 0.3) is 0 Å². The van der Waals surface area contributed by atoms with Crippen LogP contribution in [0.15, 0.2) is 28.7 Å². The summed E-state index contributed by atoms with van der Waals surface area (Å²) in [6.07, 6.45) is 0. The predicted molar refractivity (Wildman–Crippen MR) is 86.4 cm³/mol. The fourth-order valence-corrected chi connectivity index (χ4v) is 2.80. The average Bonchev–Trinajstić information content (AvgIpc) is 2.87. The molecule has 3 aromatic rings. The van der Waals surface area contributed by atoms with Gasteiger partial charge in [-0.1, -0.05) is 44.0 Å². The number of oxazole rings is 1. The molecule has 3 nitrogen and oxygen atoms in total. The molecule has 0 N–H and O–H groups in total. The Morgan fingerprint density at radius 2 is 1.86 bits per heavy atom. The number of nitrogens with zero attached hydrogens (tertiary/aromatic N) is 2. The zero-order chi connectivity index (χ0) is 15.4. The number of rotatable bonds is 1. The molecule has 3 rings (SSSR count). The van der Waals surface area contributed by atoms with Gasteiger partial charge in [-0.3, -0.25) is 0 Å². The lowest BCUT2D eigenvalue weighted by atomic mass is 9.93. The minimum atomic E-state index is -0.0382. The molecule has 0 unspecified atom stereocenters. The van der Waals surface area contributed by atoms with Crippen LogP contribution in [0.5, 0.6) is 0 Å². The van der Waals surface area contributed by atoms with Gasteiger partial charge in [-0.25, -0.2) is 0 Å². The first-order chi connectivity index (χ1) is 9.77. The molecular formula is C16H16Cl2N2O. The first kappa shape index (κ1) is 14.5. The summed E-state index contributed by atoms with van der Waals surface area (Å²) >= 11 is 12.3. The van der Waals surface area contributed by atoms with E-state index in [0.717, 1.165) is 28.4 Å². The number of benzene rings is 1. The van der Waals surface area contributed by atoms with Crippen LogP contribution in [0.25, 0.3) is 17.0 Å². The third kappa shape index (κ3) is 2.45. The number of aryl methyl sites for hydroxylation is 1. The third-order valence-corrected chi connectivity index (χ3v) is 3.98. The molecule has 0 aliphatic carbocycles. The molecule has 0 aliphatic rings. The van der Waals surface area contributed by atoms with Crippen LogP contribution in [-0.4, -0.2) is 9.61 Å². The fourth-order valence-electron chi connectivity index (χ4n) is 2.30. The number of fused-ring (bicyclic) bond motifs is 1. The molecule has 0 spiro atoms. The van der Waals surface area contributed by atoms with E-state index in [1.165, 1.54) is 0 Å². The molecular weight excluding hydrogens is 307 g/mol. The van der Waals surface area contributed by atoms with E-state index >= 15 is 0 Å². The van der Waals surface area contributed by atoms with Crippen molar-refractivity contribution in [3.63, 3.8) is 0 Å². The van der Waals surface area contributed by atoms with Crippen molar-refractivity contribution in [2.24, 2.45) is 0 Å². The van der Waals surface area contributed by atoms with Gasteiger partial charge in [-0.2, -0.15) is 9.61 Å². The second-order valence-electron chi connectivity index (χ2n) is 6.16. The van der Waals surface area contributed by atoms with Gasteiger partial charge in [0.1, 0.15) is 11.5 Å². The highest BCUT2D eigenvalue weighted by Gasteiger charge is 2.23. The summed E-state index contributed by atoms with van der Waals surface area (Å²) in [6, 6.07) is 7.40. The van der Waals surface area contributed by atoms with Crippen LogP contribution in [-0.2, 0) is 5.41 Å². The minimum absolute atomic E-state index is 0.0382. The van der Waals surface area contributed by atoms with Gasteiger partial charge < -0.3 is 4.42 Å². The van der Waals surface area contributed by atoms with E-state index in [1.54, 1.807) is 6.07 Å². The smallest absolute Gasteiger partial charge is 0.222 e. The van der Waals surface area contributed by atoms with Gasteiger partial charge in [-0.05, 0) is 25.1 Å². The van der Waals surface area contributed by atoms with E-state index in [2.05, 4.69) is 25.9 Å². The van der Waals surface area contributed by atoms with E-state index < -0.39 is 0 Å². The van der Waals surface area contributed by atoms with Crippen molar-refractivity contribution < 1.29 is 4.42 Å². The van der Waals surface area contributed by atoms with Crippen molar-refractivity contribution in [1.82, 2.24) is 9.61 Å². The highest BCUT2D eigenvalue weighted by molar-refractivity contribution is 6.36. The lowest BCUT2D eigenvalue weighted by molar-refractivity contribution is 0.562. The maximum absolute atomic E-state index is 6.32. The summed E-state index contributed by atoms with van der Waals surface area (Å²) in [6.45, 7) is 8.27. The molecule has 0 amide bonds. The monoisotopic (exact) mass is 322 g/mol. The van der Waals surface area contributed by atoms with E-state index in [0.29, 0.717) is 10.0 Å². The third-order valence-electron chi connectivity index (χ3n) is 3.43. The second kappa shape index (κ2) is 4.79. The van der Waals surface area contributed by atoms with Crippen molar-refractivity contribution in [1.29, 1.82) is 0 Å². The molecule has 0 saturated heterocycles. The molecule has 0 saturated carbocycles. The Morgan fingerprint density at radius 1 is 1.14 bits per heavy atom. The average molecular weight is 323 g/mol. The van der Waals surface area contributed by atoms with Crippen LogP contribution in [0.1, 0.15) is 32.2 Å². The molecule has 2 heterocycles. The molecule has 0 radical (unpaired) electrons. The van der Waals surface area contributed by atoms with Crippen molar-refractivity contribution in [3.8, 4) is 11.3 Å². The Morgan fingerprint density at radius 3 is 2.48 bits per heavy atom. The van der Waals surface area contributed by atoms with E-state index in [9.17, 15) is 0 Å². The van der Waals surface area contributed by atoms with E-state index in [1.807, 2.05) is 29.6 Å². The van der Waals surface area contributed by atoms with Crippen LogP contribution in [0, 0.1) is 6.92 Å². The number of hydrogen-bond donors (Lipinski definition) is 0. The van der Waals surface area contributed by atoms with Gasteiger partial charge in [0.2, 0.25) is 5.71 Å². The first-order valence-corrected chi connectivity index (χ1v) is 7.48. The van der Waals surface area contributed by atoms with Gasteiger partial charge in [-0.15, -0.1) is 0 Å². The maximum Gasteiger partial charge on any atom is 0.222 e. The van der Waals surface area contributed by atoms with E-state index in [-0.39, 0.29) is 5.41 Å². The molecule has 2 aromatic heterocycles. The molecule has 0 fully saturated rings. The van der Waals surface area contributed by atoms with Gasteiger partial charge in [0.05, 0.1) is 10.7 Å². The zero-order valence-electron chi connectivity index (χ0n) is 12.4. The number of hydrogen-bond acceptors (Lipinski definition) is 2. The van der Waals surface area contributed by atoms with Gasteiger partial charge in [0, 0.05) is 22.1 Å². The highest BCUT2D eigenvalue weighted by Crippen LogP contribution is 2.35. The number of aromatic nitrogens is 2. The summed E-state index contributed by atoms with van der Waals surface area (Å²) in [5.41, 5.74) is 3.39. The predicted octanol–water partition coefficient (Wildman–Crippen LogP) is 5.51. The Balaban J connectivity index is 2.26. The number of halogens is 2. The molecule has 110 valence electrons. The van der Waals surface area contributed by atoms with Crippen molar-refractivity contribution >= 4 is 28.9 Å². The van der Waals surface area contributed by atoms with Crippen LogP contribution in [0.4, 0.5) is 0 Å². The van der Waals surface area contributed by atoms with Gasteiger partial charge in [0.15, 0.2) is 0 Å². The van der Waals surface area contributed by atoms with E-state index in [4.69, 9.17) is 27.6 Å². The van der Waals surface area contributed by atoms with Gasteiger partial charge >= 0.3 is 0 Å². The Kier molecular flexibility index (Phi) is 3.30. The quantitative estimate of drug-likeness (QED) is 0.591. The summed E-state index contributed by atoms with van der Waals surface area (Å²) in [4.78, 5) is 0. The lowest BCUT2D eigenvalue weighted by Gasteiger charge is -2.13. The summed E-state index contributed by atoms with van der Waals surface area (Å²) in [7, 11) is 0. The molecule has 1 aromatic carbocycles.